The monoisotopic (exact) mass is 1090 g/mol. The first-order valence-electron chi connectivity index (χ1n) is 31.6. The van der Waals surface area contributed by atoms with Crippen molar-refractivity contribution in [2.24, 2.45) is 0 Å². The minimum Gasteiger partial charge on any atom is -0.462 e. The smallest absolute Gasteiger partial charge is 0.306 e. The van der Waals surface area contributed by atoms with Gasteiger partial charge in [-0.15, -0.1) is 0 Å². The van der Waals surface area contributed by atoms with E-state index in [4.69, 9.17) is 14.2 Å². The Morgan fingerprint density at radius 3 is 0.772 bits per heavy atom. The molecule has 1 atom stereocenters. The molecule has 0 aliphatic rings. The topological polar surface area (TPSA) is 78.9 Å². The summed E-state index contributed by atoms with van der Waals surface area (Å²) in [6.07, 6.45) is 96.4. The van der Waals surface area contributed by atoms with Gasteiger partial charge in [0.2, 0.25) is 0 Å². The lowest BCUT2D eigenvalue weighted by atomic mass is 10.1. The van der Waals surface area contributed by atoms with Gasteiger partial charge in [0.05, 0.1) is 0 Å². The van der Waals surface area contributed by atoms with Gasteiger partial charge in [0.25, 0.3) is 0 Å². The molecule has 0 amide bonds. The van der Waals surface area contributed by atoms with E-state index in [1.165, 1.54) is 19.3 Å². The summed E-state index contributed by atoms with van der Waals surface area (Å²) in [6.45, 7) is 6.29. The molecule has 0 heterocycles. The van der Waals surface area contributed by atoms with Crippen LogP contribution in [-0.4, -0.2) is 37.2 Å². The van der Waals surface area contributed by atoms with Crippen molar-refractivity contribution in [2.45, 2.75) is 258 Å². The number of carbonyl (C=O) groups is 3. The molecule has 0 aromatic carbocycles. The third-order valence-electron chi connectivity index (χ3n) is 12.7. The van der Waals surface area contributed by atoms with Gasteiger partial charge in [0, 0.05) is 19.3 Å². The number of carbonyl (C=O) groups excluding carboxylic acids is 3. The normalized spacial score (nSPS) is 13.3. The minimum absolute atomic E-state index is 0.107. The fourth-order valence-electron chi connectivity index (χ4n) is 8.02. The zero-order valence-corrected chi connectivity index (χ0v) is 50.6. The summed E-state index contributed by atoms with van der Waals surface area (Å²) in [6, 6.07) is 0. The predicted molar refractivity (Wildman–Crippen MR) is 343 cm³/mol. The molecule has 0 radical (unpaired) electrons. The van der Waals surface area contributed by atoms with Crippen molar-refractivity contribution in [3.63, 3.8) is 0 Å². The highest BCUT2D eigenvalue weighted by atomic mass is 16.6. The highest BCUT2D eigenvalue weighted by molar-refractivity contribution is 5.71. The van der Waals surface area contributed by atoms with Gasteiger partial charge in [0.15, 0.2) is 6.10 Å². The zero-order valence-electron chi connectivity index (χ0n) is 50.6. The maximum Gasteiger partial charge on any atom is 0.306 e. The summed E-state index contributed by atoms with van der Waals surface area (Å²) in [4.78, 5) is 38.3. The molecule has 0 saturated carbocycles. The molecule has 6 heteroatoms. The van der Waals surface area contributed by atoms with E-state index < -0.39 is 6.10 Å². The Morgan fingerprint density at radius 1 is 0.266 bits per heavy atom. The first kappa shape index (κ1) is 73.8. The Morgan fingerprint density at radius 2 is 0.494 bits per heavy atom. The Kier molecular flexibility index (Phi) is 61.0. The maximum absolute atomic E-state index is 12.9. The van der Waals surface area contributed by atoms with Gasteiger partial charge in [0.1, 0.15) is 13.2 Å². The number of allylic oxidation sites excluding steroid dienone is 28. The molecule has 0 bridgehead atoms. The quantitative estimate of drug-likeness (QED) is 0.0261. The van der Waals surface area contributed by atoms with E-state index in [1.54, 1.807) is 0 Å². The van der Waals surface area contributed by atoms with E-state index in [2.05, 4.69) is 191 Å². The van der Waals surface area contributed by atoms with E-state index in [9.17, 15) is 14.4 Å². The summed E-state index contributed by atoms with van der Waals surface area (Å²) in [5.74, 6) is -0.966. The van der Waals surface area contributed by atoms with Crippen LogP contribution in [0.3, 0.4) is 0 Å². The van der Waals surface area contributed by atoms with E-state index in [0.29, 0.717) is 12.8 Å². The molecule has 0 aromatic rings. The summed E-state index contributed by atoms with van der Waals surface area (Å²) in [5, 5.41) is 0. The van der Waals surface area contributed by atoms with Crippen molar-refractivity contribution in [1.29, 1.82) is 0 Å². The third-order valence-corrected chi connectivity index (χ3v) is 12.7. The molecule has 79 heavy (non-hydrogen) atoms. The van der Waals surface area contributed by atoms with Crippen LogP contribution in [0.1, 0.15) is 252 Å². The van der Waals surface area contributed by atoms with E-state index in [-0.39, 0.29) is 37.5 Å². The molecule has 442 valence electrons. The number of unbranched alkanes of at least 4 members (excludes halogenated alkanes) is 16. The van der Waals surface area contributed by atoms with Crippen LogP contribution in [0.15, 0.2) is 170 Å². The van der Waals surface area contributed by atoms with Crippen molar-refractivity contribution in [3.8, 4) is 0 Å². The van der Waals surface area contributed by atoms with Crippen LogP contribution in [0.5, 0.6) is 0 Å². The van der Waals surface area contributed by atoms with Crippen LogP contribution in [0, 0.1) is 0 Å². The largest absolute Gasteiger partial charge is 0.462 e. The van der Waals surface area contributed by atoms with Crippen LogP contribution in [0.2, 0.25) is 0 Å². The van der Waals surface area contributed by atoms with Gasteiger partial charge < -0.3 is 14.2 Å². The van der Waals surface area contributed by atoms with E-state index >= 15 is 0 Å². The second-order valence-corrected chi connectivity index (χ2v) is 20.2. The van der Waals surface area contributed by atoms with Crippen molar-refractivity contribution < 1.29 is 28.6 Å². The third kappa shape index (κ3) is 63.5. The SMILES string of the molecule is CC/C=C\C/C=C\C/C=C\C/C=C\C/C=C\C/C=C\C/C=C\C/C=C\CCCCCCCCC(=O)OCC(COC(=O)CCCCCCC/C=C\C/C=C\CCC)OC(=O)CCCCCC/C=C\C/C=C\C/C=C\C/C=C\CC. The lowest BCUT2D eigenvalue weighted by Gasteiger charge is -2.18. The minimum atomic E-state index is -0.813. The molecule has 0 rings (SSSR count). The van der Waals surface area contributed by atoms with Crippen LogP contribution in [0.25, 0.3) is 0 Å². The van der Waals surface area contributed by atoms with Gasteiger partial charge in [-0.25, -0.2) is 0 Å². The lowest BCUT2D eigenvalue weighted by molar-refractivity contribution is -0.167. The standard InChI is InChI=1S/C73H114O6/c1-4-7-10-13-16-19-22-25-27-29-30-31-32-33-34-35-36-37-38-39-40-41-42-44-45-48-51-54-57-60-63-66-72(75)78-69-70(68-77-71(74)65-62-59-56-53-50-47-24-21-18-15-12-9-6-3)79-73(76)67-64-61-58-55-52-49-46-43-28-26-23-20-17-14-11-8-5-2/h7-8,10-12,15-17,19-21,24-28,30-31,33-34,36-37,39-40,42,44,46,49,70H,4-6,9,13-14,18,22-23,29,32,35,38,41,43,45,47-48,50-69H2,1-3H3/b10-7-,11-8-,15-12-,19-16-,20-17-,24-21-,27-25-,28-26-,31-30-,34-33-,37-36-,40-39-,44-42-,49-46-. The fraction of sp³-hybridized carbons (Fsp3) is 0.575. The molecular weight excluding hydrogens is 973 g/mol. The second kappa shape index (κ2) is 65.3. The molecule has 0 spiro atoms. The molecule has 6 nitrogen and oxygen atoms in total. The van der Waals surface area contributed by atoms with Crippen LogP contribution >= 0.6 is 0 Å². The summed E-state index contributed by atoms with van der Waals surface area (Å²) in [5.41, 5.74) is 0. The molecule has 0 N–H and O–H groups in total. The lowest BCUT2D eigenvalue weighted by Crippen LogP contribution is -2.30. The van der Waals surface area contributed by atoms with E-state index in [1.807, 2.05) is 0 Å². The molecule has 0 aromatic heterocycles. The number of rotatable bonds is 55. The van der Waals surface area contributed by atoms with Gasteiger partial charge >= 0.3 is 17.9 Å². The van der Waals surface area contributed by atoms with Crippen molar-refractivity contribution in [2.75, 3.05) is 13.2 Å². The first-order valence-corrected chi connectivity index (χ1v) is 31.6. The van der Waals surface area contributed by atoms with Crippen LogP contribution in [-0.2, 0) is 28.6 Å². The van der Waals surface area contributed by atoms with Gasteiger partial charge in [-0.2, -0.15) is 0 Å². The Balaban J connectivity index is 4.39. The Hall–Kier alpha value is -5.23. The number of hydrogen-bond acceptors (Lipinski definition) is 6. The average molecular weight is 1090 g/mol. The predicted octanol–water partition coefficient (Wildman–Crippen LogP) is 21.9. The number of hydrogen-bond donors (Lipinski definition) is 0. The Bertz CT molecular complexity index is 1820. The highest BCUT2D eigenvalue weighted by Gasteiger charge is 2.19. The molecule has 0 aliphatic carbocycles. The summed E-state index contributed by atoms with van der Waals surface area (Å²) >= 11 is 0. The first-order chi connectivity index (χ1) is 39.0. The van der Waals surface area contributed by atoms with Crippen molar-refractivity contribution in [3.05, 3.63) is 170 Å². The Labute approximate surface area is 485 Å². The van der Waals surface area contributed by atoms with E-state index in [0.717, 1.165) is 193 Å². The molecular formula is C73H114O6. The number of esters is 3. The summed E-state index contributed by atoms with van der Waals surface area (Å²) < 4.78 is 16.9. The van der Waals surface area contributed by atoms with Crippen LogP contribution < -0.4 is 0 Å². The zero-order chi connectivity index (χ0) is 57.1. The highest BCUT2D eigenvalue weighted by Crippen LogP contribution is 2.13. The number of ether oxygens (including phenoxy) is 3. The molecule has 0 saturated heterocycles. The fourth-order valence-corrected chi connectivity index (χ4v) is 8.02. The molecule has 1 unspecified atom stereocenters. The molecule has 0 fully saturated rings. The molecule has 0 aliphatic heterocycles. The van der Waals surface area contributed by atoms with Crippen molar-refractivity contribution in [1.82, 2.24) is 0 Å². The summed E-state index contributed by atoms with van der Waals surface area (Å²) in [7, 11) is 0. The average Bonchev–Trinajstić information content (AvgIpc) is 3.45. The van der Waals surface area contributed by atoms with Gasteiger partial charge in [-0.1, -0.05) is 255 Å². The van der Waals surface area contributed by atoms with Crippen LogP contribution in [0.4, 0.5) is 0 Å². The van der Waals surface area contributed by atoms with Crippen molar-refractivity contribution >= 4 is 17.9 Å². The van der Waals surface area contributed by atoms with Gasteiger partial charge in [-0.05, 0) is 148 Å². The second-order valence-electron chi connectivity index (χ2n) is 20.2. The maximum atomic E-state index is 12.9. The van der Waals surface area contributed by atoms with Gasteiger partial charge in [-0.3, -0.25) is 14.4 Å².